The Morgan fingerprint density at radius 2 is 1.81 bits per heavy atom. The first-order chi connectivity index (χ1) is 15.0. The van der Waals surface area contributed by atoms with E-state index in [0.29, 0.717) is 31.1 Å². The highest BCUT2D eigenvalue weighted by Gasteiger charge is 2.44. The molecule has 0 aromatic heterocycles. The van der Waals surface area contributed by atoms with E-state index in [1.807, 2.05) is 23.1 Å². The number of nitrogens with zero attached hydrogens (tertiary/aromatic N) is 1. The molecule has 2 aliphatic rings. The van der Waals surface area contributed by atoms with E-state index in [1.165, 1.54) is 12.1 Å². The highest BCUT2D eigenvalue weighted by atomic mass is 19.1. The maximum Gasteiger partial charge on any atom is 0.225 e. The Kier molecular flexibility index (Phi) is 6.11. The minimum Gasteiger partial charge on any atom is -0.493 e. The van der Waals surface area contributed by atoms with Crippen molar-refractivity contribution in [3.63, 3.8) is 0 Å². The SMILES string of the molecule is COc1cccc([C@H]2CN(C(=O)C3CC3)C[C@H]2C(=O)NCc2ccc(F)cc2)c1OC. The van der Waals surface area contributed by atoms with Crippen molar-refractivity contribution < 1.29 is 23.5 Å². The van der Waals surface area contributed by atoms with Gasteiger partial charge >= 0.3 is 0 Å². The number of hydrogen-bond acceptors (Lipinski definition) is 4. The zero-order chi connectivity index (χ0) is 22.0. The van der Waals surface area contributed by atoms with Gasteiger partial charge in [0.15, 0.2) is 11.5 Å². The molecule has 164 valence electrons. The fourth-order valence-corrected chi connectivity index (χ4v) is 4.28. The molecule has 2 atom stereocenters. The maximum atomic E-state index is 13.2. The Morgan fingerprint density at radius 3 is 2.45 bits per heavy atom. The number of carbonyl (C=O) groups excluding carboxylic acids is 2. The first kappa shape index (κ1) is 21.2. The normalized spacial score (nSPS) is 20.4. The van der Waals surface area contributed by atoms with Crippen molar-refractivity contribution in [3.05, 3.63) is 59.4 Å². The summed E-state index contributed by atoms with van der Waals surface area (Å²) < 4.78 is 24.2. The smallest absolute Gasteiger partial charge is 0.225 e. The molecule has 1 heterocycles. The second-order valence-electron chi connectivity index (χ2n) is 8.16. The van der Waals surface area contributed by atoms with Crippen LogP contribution in [-0.2, 0) is 16.1 Å². The zero-order valence-corrected chi connectivity index (χ0v) is 17.8. The van der Waals surface area contributed by atoms with Gasteiger partial charge in [0.25, 0.3) is 0 Å². The first-order valence-electron chi connectivity index (χ1n) is 10.5. The van der Waals surface area contributed by atoms with Gasteiger partial charge in [-0.15, -0.1) is 0 Å². The molecule has 0 unspecified atom stereocenters. The first-order valence-corrected chi connectivity index (χ1v) is 10.5. The summed E-state index contributed by atoms with van der Waals surface area (Å²) in [5, 5.41) is 2.96. The van der Waals surface area contributed by atoms with Crippen LogP contribution in [0.1, 0.15) is 29.9 Å². The summed E-state index contributed by atoms with van der Waals surface area (Å²) in [6, 6.07) is 11.7. The fraction of sp³-hybridized carbons (Fsp3) is 0.417. The number of nitrogens with one attached hydrogen (secondary N) is 1. The molecule has 1 saturated carbocycles. The summed E-state index contributed by atoms with van der Waals surface area (Å²) in [4.78, 5) is 27.7. The molecule has 2 aromatic carbocycles. The van der Waals surface area contributed by atoms with E-state index in [9.17, 15) is 14.0 Å². The number of benzene rings is 2. The van der Waals surface area contributed by atoms with Crippen LogP contribution in [0.3, 0.4) is 0 Å². The van der Waals surface area contributed by atoms with Gasteiger partial charge < -0.3 is 19.7 Å². The summed E-state index contributed by atoms with van der Waals surface area (Å²) in [6.07, 6.45) is 1.84. The Morgan fingerprint density at radius 1 is 1.06 bits per heavy atom. The third-order valence-electron chi connectivity index (χ3n) is 6.11. The van der Waals surface area contributed by atoms with E-state index < -0.39 is 5.92 Å². The average molecular weight is 426 g/mol. The van der Waals surface area contributed by atoms with Crippen molar-refractivity contribution >= 4 is 11.8 Å². The van der Waals surface area contributed by atoms with Crippen LogP contribution in [0.15, 0.2) is 42.5 Å². The summed E-state index contributed by atoms with van der Waals surface area (Å²) in [5.74, 6) is 0.333. The lowest BCUT2D eigenvalue weighted by molar-refractivity contribution is -0.132. The van der Waals surface area contributed by atoms with Gasteiger partial charge in [-0.25, -0.2) is 4.39 Å². The van der Waals surface area contributed by atoms with Crippen LogP contribution < -0.4 is 14.8 Å². The molecule has 1 N–H and O–H groups in total. The largest absolute Gasteiger partial charge is 0.493 e. The molecule has 1 saturated heterocycles. The van der Waals surface area contributed by atoms with Crippen molar-refractivity contribution in [2.24, 2.45) is 11.8 Å². The van der Waals surface area contributed by atoms with E-state index >= 15 is 0 Å². The number of methoxy groups -OCH3 is 2. The van der Waals surface area contributed by atoms with E-state index in [0.717, 1.165) is 24.0 Å². The summed E-state index contributed by atoms with van der Waals surface area (Å²) in [7, 11) is 3.15. The molecule has 0 radical (unpaired) electrons. The number of rotatable bonds is 7. The highest BCUT2D eigenvalue weighted by molar-refractivity contribution is 5.85. The average Bonchev–Trinajstić information content (AvgIpc) is 3.55. The van der Waals surface area contributed by atoms with Crippen LogP contribution in [0.2, 0.25) is 0 Å². The van der Waals surface area contributed by atoms with Crippen molar-refractivity contribution in [2.75, 3.05) is 27.3 Å². The molecule has 2 aromatic rings. The van der Waals surface area contributed by atoms with Crippen LogP contribution in [0.4, 0.5) is 4.39 Å². The third-order valence-corrected chi connectivity index (χ3v) is 6.11. The minimum absolute atomic E-state index is 0.0916. The Hall–Kier alpha value is -3.09. The Labute approximate surface area is 181 Å². The van der Waals surface area contributed by atoms with Gasteiger partial charge in [0.05, 0.1) is 20.1 Å². The van der Waals surface area contributed by atoms with E-state index in [4.69, 9.17) is 9.47 Å². The molecule has 6 nitrogen and oxygen atoms in total. The summed E-state index contributed by atoms with van der Waals surface area (Å²) in [6.45, 7) is 1.14. The predicted octanol–water partition coefficient (Wildman–Crippen LogP) is 3.11. The molecule has 31 heavy (non-hydrogen) atoms. The Bertz CT molecular complexity index is 959. The second kappa shape index (κ2) is 8.96. The molecule has 1 aliphatic carbocycles. The standard InChI is InChI=1S/C24H27FN2O4/c1-30-21-5-3-4-18(22(21)31-2)19-13-27(24(29)16-8-9-16)14-20(19)23(28)26-12-15-6-10-17(25)11-7-15/h3-7,10-11,16,19-20H,8-9,12-14H2,1-2H3,(H,26,28)/t19-,20-/m1/s1. The third kappa shape index (κ3) is 4.50. The minimum atomic E-state index is -0.413. The second-order valence-corrected chi connectivity index (χ2v) is 8.16. The number of halogens is 1. The number of hydrogen-bond donors (Lipinski definition) is 1. The van der Waals surface area contributed by atoms with Gasteiger partial charge in [-0.05, 0) is 36.6 Å². The molecule has 1 aliphatic heterocycles. The van der Waals surface area contributed by atoms with Crippen molar-refractivity contribution in [1.29, 1.82) is 0 Å². The highest BCUT2D eigenvalue weighted by Crippen LogP contribution is 2.43. The Balaban J connectivity index is 1.57. The van der Waals surface area contributed by atoms with Crippen LogP contribution in [0.25, 0.3) is 0 Å². The van der Waals surface area contributed by atoms with Crippen LogP contribution in [0.5, 0.6) is 11.5 Å². The maximum absolute atomic E-state index is 13.2. The van der Waals surface area contributed by atoms with E-state index in [1.54, 1.807) is 26.4 Å². The summed E-state index contributed by atoms with van der Waals surface area (Å²) >= 11 is 0. The molecule has 4 rings (SSSR count). The topological polar surface area (TPSA) is 67.9 Å². The lowest BCUT2D eigenvalue weighted by Crippen LogP contribution is -2.35. The molecule has 2 fully saturated rings. The molecule has 2 amide bonds. The van der Waals surface area contributed by atoms with Crippen LogP contribution in [-0.4, -0.2) is 44.0 Å². The molecular weight excluding hydrogens is 399 g/mol. The fourth-order valence-electron chi connectivity index (χ4n) is 4.28. The van der Waals surface area contributed by atoms with Gasteiger partial charge in [0.1, 0.15) is 5.82 Å². The molecular formula is C24H27FN2O4. The van der Waals surface area contributed by atoms with E-state index in [-0.39, 0.29) is 29.5 Å². The van der Waals surface area contributed by atoms with Gasteiger partial charge in [-0.3, -0.25) is 9.59 Å². The van der Waals surface area contributed by atoms with Gasteiger partial charge in [0, 0.05) is 37.0 Å². The lowest BCUT2D eigenvalue weighted by atomic mass is 9.87. The lowest BCUT2D eigenvalue weighted by Gasteiger charge is -2.21. The van der Waals surface area contributed by atoms with Crippen molar-refractivity contribution in [1.82, 2.24) is 10.2 Å². The summed E-state index contributed by atoms with van der Waals surface area (Å²) in [5.41, 5.74) is 1.67. The van der Waals surface area contributed by atoms with Gasteiger partial charge in [-0.1, -0.05) is 24.3 Å². The zero-order valence-electron chi connectivity index (χ0n) is 17.8. The quantitative estimate of drug-likeness (QED) is 0.739. The monoisotopic (exact) mass is 426 g/mol. The van der Waals surface area contributed by atoms with E-state index in [2.05, 4.69) is 5.32 Å². The number of carbonyl (C=O) groups is 2. The number of ether oxygens (including phenoxy) is 2. The predicted molar refractivity (Wildman–Crippen MR) is 113 cm³/mol. The number of amides is 2. The number of para-hydroxylation sites is 1. The van der Waals surface area contributed by atoms with Crippen LogP contribution >= 0.6 is 0 Å². The molecule has 0 bridgehead atoms. The van der Waals surface area contributed by atoms with Gasteiger partial charge in [-0.2, -0.15) is 0 Å². The van der Waals surface area contributed by atoms with Gasteiger partial charge in [0.2, 0.25) is 11.8 Å². The van der Waals surface area contributed by atoms with Crippen LogP contribution in [0, 0.1) is 17.7 Å². The number of likely N-dealkylation sites (tertiary alicyclic amines) is 1. The van der Waals surface area contributed by atoms with Crippen molar-refractivity contribution in [2.45, 2.75) is 25.3 Å². The molecule has 0 spiro atoms. The van der Waals surface area contributed by atoms with Crippen molar-refractivity contribution in [3.8, 4) is 11.5 Å². The molecule has 7 heteroatoms.